The van der Waals surface area contributed by atoms with E-state index in [4.69, 9.17) is 16.7 Å². The first kappa shape index (κ1) is 15.8. The third kappa shape index (κ3) is 3.53. The van der Waals surface area contributed by atoms with Gasteiger partial charge >= 0.3 is 5.97 Å². The lowest BCUT2D eigenvalue weighted by atomic mass is 10.1. The molecule has 0 fully saturated rings. The van der Waals surface area contributed by atoms with Gasteiger partial charge in [-0.05, 0) is 30.7 Å². The van der Waals surface area contributed by atoms with E-state index < -0.39 is 17.9 Å². The van der Waals surface area contributed by atoms with Crippen molar-refractivity contribution in [2.45, 2.75) is 13.0 Å². The number of nitrogens with one attached hydrogen (secondary N) is 1. The third-order valence-corrected chi connectivity index (χ3v) is 3.19. The molecule has 2 rings (SSSR count). The number of aromatic hydroxyl groups is 1. The van der Waals surface area contributed by atoms with Crippen molar-refractivity contribution < 1.29 is 19.8 Å². The Morgan fingerprint density at radius 1 is 1.27 bits per heavy atom. The minimum absolute atomic E-state index is 0.237. The molecule has 0 bridgehead atoms. The van der Waals surface area contributed by atoms with Crippen molar-refractivity contribution in [2.24, 2.45) is 0 Å². The lowest BCUT2D eigenvalue weighted by Crippen LogP contribution is -2.38. The highest BCUT2D eigenvalue weighted by atomic mass is 35.5. The monoisotopic (exact) mass is 320 g/mol. The van der Waals surface area contributed by atoms with Gasteiger partial charge in [-0.1, -0.05) is 23.7 Å². The van der Waals surface area contributed by atoms with E-state index in [1.807, 2.05) is 0 Å². The Bertz CT molecular complexity index is 733. The minimum Gasteiger partial charge on any atom is -0.505 e. The Hall–Kier alpha value is -2.60. The number of halogens is 1. The van der Waals surface area contributed by atoms with Crippen molar-refractivity contribution >= 4 is 23.5 Å². The summed E-state index contributed by atoms with van der Waals surface area (Å²) >= 11 is 5.90. The molecule has 1 unspecified atom stereocenters. The molecule has 0 spiro atoms. The predicted molar refractivity (Wildman–Crippen MR) is 80.9 cm³/mol. The van der Waals surface area contributed by atoms with Gasteiger partial charge in [-0.25, -0.2) is 4.98 Å². The zero-order valence-electron chi connectivity index (χ0n) is 11.6. The van der Waals surface area contributed by atoms with Crippen molar-refractivity contribution in [1.29, 1.82) is 0 Å². The largest absolute Gasteiger partial charge is 0.505 e. The van der Waals surface area contributed by atoms with Crippen LogP contribution in [-0.4, -0.2) is 33.1 Å². The number of carbonyl (C=O) groups excluding carboxylic acids is 1. The fourth-order valence-corrected chi connectivity index (χ4v) is 1.97. The molecule has 2 aromatic rings. The SMILES string of the molecule is CC(NC(=O)c1ncc(-c2cccc(Cl)c2)cc1O)C(=O)O. The lowest BCUT2D eigenvalue weighted by Gasteiger charge is -2.10. The molecule has 1 amide bonds. The topological polar surface area (TPSA) is 99.5 Å². The number of carboxylic acid groups (broad SMARTS) is 1. The van der Waals surface area contributed by atoms with Crippen LogP contribution in [0.1, 0.15) is 17.4 Å². The van der Waals surface area contributed by atoms with E-state index in [9.17, 15) is 14.7 Å². The van der Waals surface area contributed by atoms with E-state index in [1.54, 1.807) is 24.3 Å². The molecule has 0 saturated heterocycles. The molecular weight excluding hydrogens is 308 g/mol. The number of carbonyl (C=O) groups is 2. The second-order valence-corrected chi connectivity index (χ2v) is 5.07. The number of benzene rings is 1. The van der Waals surface area contributed by atoms with Gasteiger partial charge in [0, 0.05) is 16.8 Å². The molecule has 1 heterocycles. The van der Waals surface area contributed by atoms with Crippen LogP contribution in [0.5, 0.6) is 5.75 Å². The smallest absolute Gasteiger partial charge is 0.325 e. The summed E-state index contributed by atoms with van der Waals surface area (Å²) in [6.45, 7) is 1.32. The summed E-state index contributed by atoms with van der Waals surface area (Å²) in [5, 5.41) is 21.5. The van der Waals surface area contributed by atoms with Gasteiger partial charge in [-0.15, -0.1) is 0 Å². The quantitative estimate of drug-likeness (QED) is 0.802. The number of hydrogen-bond acceptors (Lipinski definition) is 4. The zero-order chi connectivity index (χ0) is 16.3. The maximum atomic E-state index is 11.9. The van der Waals surface area contributed by atoms with E-state index >= 15 is 0 Å². The number of carboxylic acids is 1. The van der Waals surface area contributed by atoms with Gasteiger partial charge in [0.2, 0.25) is 0 Å². The van der Waals surface area contributed by atoms with Gasteiger partial charge in [-0.3, -0.25) is 9.59 Å². The molecule has 1 atom stereocenters. The molecule has 6 nitrogen and oxygen atoms in total. The predicted octanol–water partition coefficient (Wildman–Crippen LogP) is 2.31. The van der Waals surface area contributed by atoms with Gasteiger partial charge in [0.1, 0.15) is 11.8 Å². The molecule has 22 heavy (non-hydrogen) atoms. The first-order valence-corrected chi connectivity index (χ1v) is 6.75. The Kier molecular flexibility index (Phi) is 4.62. The average Bonchev–Trinajstić information content (AvgIpc) is 2.46. The first-order chi connectivity index (χ1) is 10.4. The highest BCUT2D eigenvalue weighted by Gasteiger charge is 2.19. The molecule has 0 radical (unpaired) electrons. The third-order valence-electron chi connectivity index (χ3n) is 2.96. The van der Waals surface area contributed by atoms with Crippen LogP contribution in [0.4, 0.5) is 0 Å². The zero-order valence-corrected chi connectivity index (χ0v) is 12.3. The molecule has 1 aromatic heterocycles. The summed E-state index contributed by atoms with van der Waals surface area (Å²) in [6, 6.07) is 7.25. The second-order valence-electron chi connectivity index (χ2n) is 4.64. The van der Waals surface area contributed by atoms with E-state index in [1.165, 1.54) is 19.2 Å². The van der Waals surface area contributed by atoms with Crippen LogP contribution in [0.3, 0.4) is 0 Å². The average molecular weight is 321 g/mol. The van der Waals surface area contributed by atoms with Crippen molar-refractivity contribution in [3.63, 3.8) is 0 Å². The Morgan fingerprint density at radius 3 is 2.59 bits per heavy atom. The summed E-state index contributed by atoms with van der Waals surface area (Å²) in [7, 11) is 0. The van der Waals surface area contributed by atoms with Crippen molar-refractivity contribution in [3.05, 3.63) is 47.2 Å². The number of pyridine rings is 1. The fraction of sp³-hybridized carbons (Fsp3) is 0.133. The highest BCUT2D eigenvalue weighted by Crippen LogP contribution is 2.26. The van der Waals surface area contributed by atoms with Gasteiger partial charge in [0.15, 0.2) is 5.69 Å². The summed E-state index contributed by atoms with van der Waals surface area (Å²) in [4.78, 5) is 26.5. The number of aromatic nitrogens is 1. The van der Waals surface area contributed by atoms with Crippen molar-refractivity contribution in [2.75, 3.05) is 0 Å². The maximum absolute atomic E-state index is 11.9. The van der Waals surface area contributed by atoms with Crippen LogP contribution in [0.25, 0.3) is 11.1 Å². The molecule has 0 aliphatic rings. The van der Waals surface area contributed by atoms with Gasteiger partial charge in [-0.2, -0.15) is 0 Å². The van der Waals surface area contributed by atoms with E-state index in [0.29, 0.717) is 10.6 Å². The molecule has 7 heteroatoms. The number of hydrogen-bond donors (Lipinski definition) is 3. The number of rotatable bonds is 4. The Morgan fingerprint density at radius 2 is 2.00 bits per heavy atom. The van der Waals surface area contributed by atoms with Crippen molar-refractivity contribution in [3.8, 4) is 16.9 Å². The van der Waals surface area contributed by atoms with Crippen LogP contribution in [0.2, 0.25) is 5.02 Å². The molecule has 114 valence electrons. The van der Waals surface area contributed by atoms with E-state index in [-0.39, 0.29) is 11.4 Å². The maximum Gasteiger partial charge on any atom is 0.325 e. The van der Waals surface area contributed by atoms with Crippen LogP contribution >= 0.6 is 11.6 Å². The molecule has 3 N–H and O–H groups in total. The normalized spacial score (nSPS) is 11.7. The number of aliphatic carboxylic acids is 1. The number of amides is 1. The lowest BCUT2D eigenvalue weighted by molar-refractivity contribution is -0.138. The fourth-order valence-electron chi connectivity index (χ4n) is 1.78. The molecule has 1 aromatic carbocycles. The first-order valence-electron chi connectivity index (χ1n) is 6.37. The molecular formula is C15H13ClN2O4. The molecule has 0 aliphatic carbocycles. The van der Waals surface area contributed by atoms with Crippen LogP contribution < -0.4 is 5.32 Å². The Balaban J connectivity index is 2.27. The van der Waals surface area contributed by atoms with Gasteiger partial charge in [0.05, 0.1) is 0 Å². The van der Waals surface area contributed by atoms with Gasteiger partial charge < -0.3 is 15.5 Å². The Labute approximate surface area is 131 Å². The van der Waals surface area contributed by atoms with E-state index in [0.717, 1.165) is 5.56 Å². The van der Waals surface area contributed by atoms with Gasteiger partial charge in [0.25, 0.3) is 5.91 Å². The molecule has 0 saturated carbocycles. The minimum atomic E-state index is -1.18. The highest BCUT2D eigenvalue weighted by molar-refractivity contribution is 6.30. The van der Waals surface area contributed by atoms with Crippen LogP contribution in [-0.2, 0) is 4.79 Å². The van der Waals surface area contributed by atoms with E-state index in [2.05, 4.69) is 10.3 Å². The summed E-state index contributed by atoms with van der Waals surface area (Å²) in [5.41, 5.74) is 1.09. The standard InChI is InChI=1S/C15H13ClN2O4/c1-8(15(21)22)18-14(20)13-12(19)6-10(7-17-13)9-3-2-4-11(16)5-9/h2-8,19H,1H3,(H,18,20)(H,21,22). The summed E-state index contributed by atoms with van der Waals surface area (Å²) < 4.78 is 0. The molecule has 0 aliphatic heterocycles. The summed E-state index contributed by atoms with van der Waals surface area (Å²) in [6.07, 6.45) is 1.41. The number of nitrogens with zero attached hydrogens (tertiary/aromatic N) is 1. The van der Waals surface area contributed by atoms with Crippen molar-refractivity contribution in [1.82, 2.24) is 10.3 Å². The van der Waals surface area contributed by atoms with Crippen LogP contribution in [0.15, 0.2) is 36.5 Å². The second kappa shape index (κ2) is 6.44. The van der Waals surface area contributed by atoms with Crippen LogP contribution in [0, 0.1) is 0 Å². The summed E-state index contributed by atoms with van der Waals surface area (Å²) in [5.74, 6) is -2.28.